The van der Waals surface area contributed by atoms with Crippen LogP contribution in [-0.4, -0.2) is 47.4 Å². The fourth-order valence-corrected chi connectivity index (χ4v) is 2.83. The highest BCUT2D eigenvalue weighted by Crippen LogP contribution is 2.38. The van der Waals surface area contributed by atoms with Gasteiger partial charge in [0, 0.05) is 25.7 Å². The van der Waals surface area contributed by atoms with Crippen LogP contribution in [0.25, 0.3) is 0 Å². The molecule has 20 heavy (non-hydrogen) atoms. The summed E-state index contributed by atoms with van der Waals surface area (Å²) in [7, 11) is 0. The number of hydrogen-bond acceptors (Lipinski definition) is 4. The molecule has 0 bridgehead atoms. The van der Waals surface area contributed by atoms with Crippen LogP contribution >= 0.6 is 0 Å². The molecule has 0 radical (unpaired) electrons. The van der Waals surface area contributed by atoms with Crippen LogP contribution in [0.4, 0.5) is 4.79 Å². The van der Waals surface area contributed by atoms with Gasteiger partial charge in [0.05, 0.1) is 0 Å². The summed E-state index contributed by atoms with van der Waals surface area (Å²) >= 11 is 0. The molecule has 0 spiro atoms. The van der Waals surface area contributed by atoms with Gasteiger partial charge in [-0.2, -0.15) is 0 Å². The number of rotatable bonds is 4. The Hall–Kier alpha value is -0.810. The maximum Gasteiger partial charge on any atom is 0.410 e. The van der Waals surface area contributed by atoms with Crippen LogP contribution in [0.1, 0.15) is 53.4 Å². The summed E-state index contributed by atoms with van der Waals surface area (Å²) in [6.45, 7) is 9.22. The summed E-state index contributed by atoms with van der Waals surface area (Å²) in [6, 6.07) is 0.0786. The smallest absolute Gasteiger partial charge is 0.410 e. The lowest BCUT2D eigenvalue weighted by atomic mass is 9.70. The van der Waals surface area contributed by atoms with Gasteiger partial charge in [0.2, 0.25) is 0 Å². The Morgan fingerprint density at radius 3 is 2.35 bits per heavy atom. The van der Waals surface area contributed by atoms with Gasteiger partial charge in [0.15, 0.2) is 0 Å². The molecule has 1 amide bonds. The van der Waals surface area contributed by atoms with Crippen LogP contribution in [0.5, 0.6) is 0 Å². The molecule has 1 saturated heterocycles. The summed E-state index contributed by atoms with van der Waals surface area (Å²) in [6.07, 6.45) is 3.21. The number of nitrogens with zero attached hydrogens (tertiary/aromatic N) is 1. The predicted octanol–water partition coefficient (Wildman–Crippen LogP) is 2.12. The Morgan fingerprint density at radius 2 is 1.95 bits per heavy atom. The van der Waals surface area contributed by atoms with Crippen LogP contribution in [-0.2, 0) is 4.74 Å². The molecule has 0 aromatic heterocycles. The monoisotopic (exact) mass is 286 g/mol. The van der Waals surface area contributed by atoms with E-state index in [1.165, 1.54) is 0 Å². The van der Waals surface area contributed by atoms with Crippen LogP contribution in [0.15, 0.2) is 0 Å². The number of hydrogen-bond donors (Lipinski definition) is 2. The Morgan fingerprint density at radius 1 is 1.40 bits per heavy atom. The van der Waals surface area contributed by atoms with E-state index in [1.54, 1.807) is 4.90 Å². The Bertz CT molecular complexity index is 316. The largest absolute Gasteiger partial charge is 0.444 e. The lowest BCUT2D eigenvalue weighted by molar-refractivity contribution is 0.00462. The highest BCUT2D eigenvalue weighted by atomic mass is 16.6. The number of carbonyl (C=O) groups is 1. The zero-order valence-electron chi connectivity index (χ0n) is 13.3. The molecule has 0 aromatic rings. The van der Waals surface area contributed by atoms with Crippen molar-refractivity contribution < 1.29 is 14.6 Å². The third-order valence-corrected chi connectivity index (χ3v) is 4.21. The van der Waals surface area contributed by atoms with Gasteiger partial charge in [0.25, 0.3) is 0 Å². The molecule has 1 unspecified atom stereocenters. The van der Waals surface area contributed by atoms with Crippen LogP contribution in [0, 0.1) is 5.41 Å². The first-order valence-corrected chi connectivity index (χ1v) is 7.54. The fourth-order valence-electron chi connectivity index (χ4n) is 2.83. The molecule has 0 saturated carbocycles. The molecule has 1 heterocycles. The molecule has 1 aliphatic heterocycles. The highest BCUT2D eigenvalue weighted by molar-refractivity contribution is 5.68. The molecule has 5 heteroatoms. The minimum atomic E-state index is -0.455. The Kier molecular flexibility index (Phi) is 5.83. The summed E-state index contributed by atoms with van der Waals surface area (Å²) in [5.74, 6) is 0. The second kappa shape index (κ2) is 6.76. The second-order valence-electron chi connectivity index (χ2n) is 6.95. The predicted molar refractivity (Wildman–Crippen MR) is 79.4 cm³/mol. The van der Waals surface area contributed by atoms with Gasteiger partial charge in [-0.05, 0) is 58.8 Å². The number of piperidine rings is 1. The van der Waals surface area contributed by atoms with Crippen molar-refractivity contribution in [2.24, 2.45) is 11.1 Å². The molecule has 0 aliphatic carbocycles. The fraction of sp³-hybridized carbons (Fsp3) is 0.933. The van der Waals surface area contributed by atoms with Gasteiger partial charge < -0.3 is 20.5 Å². The molecular weight excluding hydrogens is 256 g/mol. The summed E-state index contributed by atoms with van der Waals surface area (Å²) in [4.78, 5) is 13.8. The van der Waals surface area contributed by atoms with E-state index in [0.29, 0.717) is 13.1 Å². The van der Waals surface area contributed by atoms with Gasteiger partial charge in [-0.15, -0.1) is 0 Å². The van der Waals surface area contributed by atoms with E-state index in [9.17, 15) is 4.79 Å². The molecule has 3 N–H and O–H groups in total. The SMILES string of the molecule is CC(N)C1(CCCO)CCN(C(=O)OC(C)(C)C)CC1. The van der Waals surface area contributed by atoms with E-state index in [-0.39, 0.29) is 24.2 Å². The second-order valence-corrected chi connectivity index (χ2v) is 6.95. The number of ether oxygens (including phenoxy) is 1. The van der Waals surface area contributed by atoms with Gasteiger partial charge >= 0.3 is 6.09 Å². The van der Waals surface area contributed by atoms with Gasteiger partial charge in [-0.25, -0.2) is 4.79 Å². The van der Waals surface area contributed by atoms with E-state index in [1.807, 2.05) is 27.7 Å². The number of carbonyl (C=O) groups excluding carboxylic acids is 1. The number of aliphatic hydroxyl groups excluding tert-OH is 1. The van der Waals surface area contributed by atoms with Crippen LogP contribution in [0.2, 0.25) is 0 Å². The summed E-state index contributed by atoms with van der Waals surface area (Å²) in [5.41, 5.74) is 5.74. The molecule has 1 aliphatic rings. The van der Waals surface area contributed by atoms with Crippen molar-refractivity contribution in [2.45, 2.75) is 65.0 Å². The quantitative estimate of drug-likeness (QED) is 0.830. The molecule has 5 nitrogen and oxygen atoms in total. The number of amides is 1. The molecular formula is C15H30N2O3. The minimum absolute atomic E-state index is 0.0429. The first-order chi connectivity index (χ1) is 9.20. The zero-order valence-corrected chi connectivity index (χ0v) is 13.3. The van der Waals surface area contributed by atoms with Gasteiger partial charge in [-0.3, -0.25) is 0 Å². The van der Waals surface area contributed by atoms with E-state index in [4.69, 9.17) is 15.6 Å². The van der Waals surface area contributed by atoms with Crippen LogP contribution in [0.3, 0.4) is 0 Å². The first kappa shape index (κ1) is 17.2. The minimum Gasteiger partial charge on any atom is -0.444 e. The molecule has 1 atom stereocenters. The highest BCUT2D eigenvalue weighted by Gasteiger charge is 2.39. The third-order valence-electron chi connectivity index (χ3n) is 4.21. The topological polar surface area (TPSA) is 75.8 Å². The zero-order chi connectivity index (χ0) is 15.4. The van der Waals surface area contributed by atoms with E-state index in [0.717, 1.165) is 25.7 Å². The van der Waals surface area contributed by atoms with Crippen molar-refractivity contribution in [2.75, 3.05) is 19.7 Å². The summed E-state index contributed by atoms with van der Waals surface area (Å²) in [5, 5.41) is 9.04. The van der Waals surface area contributed by atoms with Gasteiger partial charge in [-0.1, -0.05) is 0 Å². The van der Waals surface area contributed by atoms with Gasteiger partial charge in [0.1, 0.15) is 5.60 Å². The van der Waals surface area contributed by atoms with Crippen molar-refractivity contribution in [1.82, 2.24) is 4.90 Å². The molecule has 118 valence electrons. The molecule has 1 fully saturated rings. The van der Waals surface area contributed by atoms with Crippen molar-refractivity contribution in [3.05, 3.63) is 0 Å². The van der Waals surface area contributed by atoms with E-state index >= 15 is 0 Å². The number of nitrogens with two attached hydrogens (primary N) is 1. The van der Waals surface area contributed by atoms with E-state index < -0.39 is 5.60 Å². The molecule has 1 rings (SSSR count). The van der Waals surface area contributed by atoms with Crippen molar-refractivity contribution in [3.8, 4) is 0 Å². The number of aliphatic hydroxyl groups is 1. The third kappa shape index (κ3) is 4.63. The summed E-state index contributed by atoms with van der Waals surface area (Å²) < 4.78 is 5.40. The van der Waals surface area contributed by atoms with Crippen molar-refractivity contribution >= 4 is 6.09 Å². The normalized spacial score (nSPS) is 20.6. The van der Waals surface area contributed by atoms with E-state index in [2.05, 4.69) is 0 Å². The van der Waals surface area contributed by atoms with Crippen LogP contribution < -0.4 is 5.73 Å². The average molecular weight is 286 g/mol. The average Bonchev–Trinajstić information content (AvgIpc) is 2.34. The Balaban J connectivity index is 2.58. The number of likely N-dealkylation sites (tertiary alicyclic amines) is 1. The maximum atomic E-state index is 12.0. The maximum absolute atomic E-state index is 12.0. The first-order valence-electron chi connectivity index (χ1n) is 7.54. The van der Waals surface area contributed by atoms with Crippen molar-refractivity contribution in [1.29, 1.82) is 0 Å². The molecule has 0 aromatic carbocycles. The lowest BCUT2D eigenvalue weighted by Crippen LogP contribution is -2.50. The van der Waals surface area contributed by atoms with Crippen molar-refractivity contribution in [3.63, 3.8) is 0 Å². The lowest BCUT2D eigenvalue weighted by Gasteiger charge is -2.44. The Labute approximate surface area is 122 Å². The standard InChI is InChI=1S/C15H30N2O3/c1-12(16)15(6-5-11-18)7-9-17(10-8-15)13(19)20-14(2,3)4/h12,18H,5-11,16H2,1-4H3.